The van der Waals surface area contributed by atoms with E-state index >= 15 is 0 Å². The highest BCUT2D eigenvalue weighted by Crippen LogP contribution is 2.38. The Balaban J connectivity index is 1.91. The maximum absolute atomic E-state index is 12.1. The molecular formula is C12H13F2NOS. The average Bonchev–Trinajstić information content (AvgIpc) is 2.98. The minimum atomic E-state index is -2.41. The summed E-state index contributed by atoms with van der Waals surface area (Å²) >= 11 is 0.499. The number of carbonyl (C=O) groups is 1. The van der Waals surface area contributed by atoms with Gasteiger partial charge in [-0.3, -0.25) is 4.79 Å². The Bertz CT molecular complexity index is 407. The Hall–Kier alpha value is -1.10. The monoisotopic (exact) mass is 257 g/mol. The molecule has 0 radical (unpaired) electrons. The van der Waals surface area contributed by atoms with Gasteiger partial charge in [0.2, 0.25) is 5.91 Å². The molecule has 1 fully saturated rings. The van der Waals surface area contributed by atoms with Gasteiger partial charge in [0, 0.05) is 16.5 Å². The zero-order chi connectivity index (χ0) is 12.4. The van der Waals surface area contributed by atoms with Crippen LogP contribution in [0, 0.1) is 11.8 Å². The number of halogens is 2. The highest BCUT2D eigenvalue weighted by Gasteiger charge is 2.38. The largest absolute Gasteiger partial charge is 0.326 e. The molecule has 1 amide bonds. The zero-order valence-electron chi connectivity index (χ0n) is 9.32. The predicted molar refractivity (Wildman–Crippen MR) is 64.2 cm³/mol. The number of alkyl halides is 2. The molecule has 92 valence electrons. The second-order valence-corrected chi connectivity index (χ2v) is 5.28. The van der Waals surface area contributed by atoms with E-state index in [1.54, 1.807) is 24.3 Å². The molecule has 17 heavy (non-hydrogen) atoms. The van der Waals surface area contributed by atoms with Crippen molar-refractivity contribution in [2.24, 2.45) is 11.8 Å². The fraction of sp³-hybridized carbons (Fsp3) is 0.417. The van der Waals surface area contributed by atoms with E-state index in [1.165, 1.54) is 0 Å². The summed E-state index contributed by atoms with van der Waals surface area (Å²) in [7, 11) is 0. The number of benzene rings is 1. The van der Waals surface area contributed by atoms with Gasteiger partial charge in [0.15, 0.2) is 0 Å². The Morgan fingerprint density at radius 3 is 2.47 bits per heavy atom. The number of rotatable bonds is 4. The number of hydrogen-bond acceptors (Lipinski definition) is 2. The first-order valence-electron chi connectivity index (χ1n) is 5.42. The van der Waals surface area contributed by atoms with Gasteiger partial charge >= 0.3 is 0 Å². The lowest BCUT2D eigenvalue weighted by Gasteiger charge is -2.05. The second-order valence-electron chi connectivity index (χ2n) is 4.21. The van der Waals surface area contributed by atoms with Crippen molar-refractivity contribution in [1.82, 2.24) is 0 Å². The molecular weight excluding hydrogens is 244 g/mol. The van der Waals surface area contributed by atoms with Crippen molar-refractivity contribution in [2.75, 3.05) is 5.32 Å². The minimum Gasteiger partial charge on any atom is -0.326 e. The third-order valence-corrected chi connectivity index (χ3v) is 3.52. The lowest BCUT2D eigenvalue weighted by molar-refractivity contribution is -0.117. The van der Waals surface area contributed by atoms with Crippen molar-refractivity contribution in [3.63, 3.8) is 0 Å². The van der Waals surface area contributed by atoms with Crippen LogP contribution in [0.3, 0.4) is 0 Å². The number of anilines is 1. The highest BCUT2D eigenvalue weighted by atomic mass is 32.2. The Kier molecular flexibility index (Phi) is 3.66. The molecule has 1 aliphatic rings. The molecule has 0 spiro atoms. The van der Waals surface area contributed by atoms with Crippen LogP contribution < -0.4 is 5.32 Å². The van der Waals surface area contributed by atoms with Gasteiger partial charge in [0.1, 0.15) is 0 Å². The topological polar surface area (TPSA) is 29.1 Å². The van der Waals surface area contributed by atoms with Gasteiger partial charge < -0.3 is 5.32 Å². The second kappa shape index (κ2) is 5.04. The van der Waals surface area contributed by atoms with Crippen molar-refractivity contribution in [3.05, 3.63) is 24.3 Å². The van der Waals surface area contributed by atoms with Crippen LogP contribution in [0.4, 0.5) is 14.5 Å². The number of amides is 1. The quantitative estimate of drug-likeness (QED) is 0.835. The van der Waals surface area contributed by atoms with Crippen molar-refractivity contribution in [3.8, 4) is 0 Å². The van der Waals surface area contributed by atoms with Crippen LogP contribution in [-0.4, -0.2) is 11.7 Å². The van der Waals surface area contributed by atoms with Gasteiger partial charge in [-0.15, -0.1) is 0 Å². The van der Waals surface area contributed by atoms with E-state index < -0.39 is 5.76 Å². The summed E-state index contributed by atoms with van der Waals surface area (Å²) in [5.41, 5.74) is 0.660. The molecule has 0 bridgehead atoms. The molecule has 2 rings (SSSR count). The van der Waals surface area contributed by atoms with E-state index in [4.69, 9.17) is 0 Å². The van der Waals surface area contributed by atoms with E-state index in [1.807, 2.05) is 6.92 Å². The standard InChI is InChI=1S/C12H13F2NOS/c1-7-6-10(7)11(16)15-8-2-4-9(5-3-8)17-12(13)14/h2-5,7,10,12H,6H2,1H3,(H,15,16). The fourth-order valence-electron chi connectivity index (χ4n) is 1.64. The number of nitrogens with one attached hydrogen (secondary N) is 1. The van der Waals surface area contributed by atoms with Gasteiger partial charge in [0.05, 0.1) is 0 Å². The number of carbonyl (C=O) groups excluding carboxylic acids is 1. The van der Waals surface area contributed by atoms with Crippen molar-refractivity contribution in [1.29, 1.82) is 0 Å². The Labute approximate surface area is 103 Å². The summed E-state index contributed by atoms with van der Waals surface area (Å²) in [6.45, 7) is 2.03. The van der Waals surface area contributed by atoms with Gasteiger partial charge in [0.25, 0.3) is 5.76 Å². The predicted octanol–water partition coefficient (Wildman–Crippen LogP) is 3.60. The molecule has 0 saturated heterocycles. The summed E-state index contributed by atoms with van der Waals surface area (Å²) in [4.78, 5) is 12.1. The third-order valence-electron chi connectivity index (χ3n) is 2.79. The average molecular weight is 257 g/mol. The van der Waals surface area contributed by atoms with Gasteiger partial charge in [-0.2, -0.15) is 8.78 Å². The molecule has 2 nitrogen and oxygen atoms in total. The Morgan fingerprint density at radius 2 is 2.00 bits per heavy atom. The summed E-state index contributed by atoms with van der Waals surface area (Å²) < 4.78 is 24.2. The van der Waals surface area contributed by atoms with Crippen LogP contribution in [0.5, 0.6) is 0 Å². The molecule has 2 unspecified atom stereocenters. The van der Waals surface area contributed by atoms with Crippen LogP contribution in [0.15, 0.2) is 29.2 Å². The van der Waals surface area contributed by atoms with Crippen LogP contribution in [0.25, 0.3) is 0 Å². The normalized spacial score (nSPS) is 22.6. The van der Waals surface area contributed by atoms with E-state index in [-0.39, 0.29) is 11.8 Å². The van der Waals surface area contributed by atoms with Crippen molar-refractivity contribution < 1.29 is 13.6 Å². The first-order chi connectivity index (χ1) is 8.06. The van der Waals surface area contributed by atoms with E-state index in [9.17, 15) is 13.6 Å². The fourth-order valence-corrected chi connectivity index (χ4v) is 2.14. The van der Waals surface area contributed by atoms with Crippen LogP contribution in [-0.2, 0) is 4.79 Å². The summed E-state index contributed by atoms with van der Waals surface area (Å²) in [5, 5.41) is 2.78. The molecule has 0 heterocycles. The van der Waals surface area contributed by atoms with Gasteiger partial charge in [-0.25, -0.2) is 0 Å². The van der Waals surface area contributed by atoms with Gasteiger partial charge in [-0.05, 0) is 36.6 Å². The first kappa shape index (κ1) is 12.4. The zero-order valence-corrected chi connectivity index (χ0v) is 10.1. The Morgan fingerprint density at radius 1 is 1.41 bits per heavy atom. The van der Waals surface area contributed by atoms with Gasteiger partial charge in [-0.1, -0.05) is 18.7 Å². The molecule has 1 aromatic rings. The van der Waals surface area contributed by atoms with Crippen LogP contribution in [0.1, 0.15) is 13.3 Å². The summed E-state index contributed by atoms with van der Waals surface area (Å²) in [5.74, 6) is -1.82. The lowest BCUT2D eigenvalue weighted by Crippen LogP contribution is -2.14. The summed E-state index contributed by atoms with van der Waals surface area (Å²) in [6.07, 6.45) is 0.936. The maximum Gasteiger partial charge on any atom is 0.288 e. The summed E-state index contributed by atoms with van der Waals surface area (Å²) in [6, 6.07) is 6.47. The first-order valence-corrected chi connectivity index (χ1v) is 6.30. The van der Waals surface area contributed by atoms with Crippen LogP contribution >= 0.6 is 11.8 Å². The number of thioether (sulfide) groups is 1. The van der Waals surface area contributed by atoms with E-state index in [0.717, 1.165) is 6.42 Å². The van der Waals surface area contributed by atoms with Crippen molar-refractivity contribution >= 4 is 23.4 Å². The molecule has 1 N–H and O–H groups in total. The smallest absolute Gasteiger partial charge is 0.288 e. The minimum absolute atomic E-state index is 0.0202. The van der Waals surface area contributed by atoms with Crippen LogP contribution in [0.2, 0.25) is 0 Å². The lowest BCUT2D eigenvalue weighted by atomic mass is 10.3. The maximum atomic E-state index is 12.1. The third kappa shape index (κ3) is 3.43. The molecule has 5 heteroatoms. The number of hydrogen-bond donors (Lipinski definition) is 1. The molecule has 0 aromatic heterocycles. The highest BCUT2D eigenvalue weighted by molar-refractivity contribution is 7.99. The van der Waals surface area contributed by atoms with Crippen molar-refractivity contribution in [2.45, 2.75) is 24.0 Å². The molecule has 0 aliphatic heterocycles. The molecule has 1 saturated carbocycles. The molecule has 1 aromatic carbocycles. The SMILES string of the molecule is CC1CC1C(=O)Nc1ccc(SC(F)F)cc1. The van der Waals surface area contributed by atoms with E-state index in [2.05, 4.69) is 5.32 Å². The molecule has 1 aliphatic carbocycles. The molecule has 2 atom stereocenters. The van der Waals surface area contributed by atoms with E-state index in [0.29, 0.717) is 28.3 Å².